The molecule has 0 saturated heterocycles. The van der Waals surface area contributed by atoms with Crippen molar-refractivity contribution in [3.05, 3.63) is 83.4 Å². The van der Waals surface area contributed by atoms with Crippen molar-refractivity contribution in [1.29, 1.82) is 0 Å². The fourth-order valence-corrected chi connectivity index (χ4v) is 3.54. The minimum Gasteiger partial charge on any atom is -0.493 e. The van der Waals surface area contributed by atoms with Crippen molar-refractivity contribution in [2.75, 3.05) is 24.9 Å². The van der Waals surface area contributed by atoms with Crippen LogP contribution in [-0.2, 0) is 11.3 Å². The summed E-state index contributed by atoms with van der Waals surface area (Å²) in [6, 6.07) is 21.2. The molecule has 0 spiro atoms. The van der Waals surface area contributed by atoms with Crippen molar-refractivity contribution in [2.24, 2.45) is 5.73 Å². The maximum atomic E-state index is 13.1. The number of fused-ring (bicyclic) bond motifs is 1. The number of hydrogen-bond acceptors (Lipinski definition) is 5. The molecule has 0 aliphatic carbocycles. The topological polar surface area (TPSA) is 85.6 Å². The van der Waals surface area contributed by atoms with E-state index in [0.29, 0.717) is 35.0 Å². The van der Waals surface area contributed by atoms with E-state index in [0.717, 1.165) is 22.4 Å². The Hall–Kier alpha value is -3.77. The third kappa shape index (κ3) is 3.60. The Kier molecular flexibility index (Phi) is 5.41. The Balaban J connectivity index is 1.95. The lowest BCUT2D eigenvalue weighted by Crippen LogP contribution is -2.10. The van der Waals surface area contributed by atoms with Crippen molar-refractivity contribution in [3.8, 4) is 11.5 Å². The molecule has 30 heavy (non-hydrogen) atoms. The van der Waals surface area contributed by atoms with Crippen LogP contribution in [0.5, 0.6) is 11.5 Å². The summed E-state index contributed by atoms with van der Waals surface area (Å²) in [5, 5.41) is 6.37. The first kappa shape index (κ1) is 19.5. The molecule has 3 aromatic carbocycles. The Bertz CT molecular complexity index is 1120. The Morgan fingerprint density at radius 1 is 0.967 bits per heavy atom. The highest BCUT2D eigenvalue weighted by atomic mass is 16.5. The number of amides is 1. The van der Waals surface area contributed by atoms with Gasteiger partial charge in [-0.3, -0.25) is 4.79 Å². The molecule has 0 aromatic heterocycles. The number of para-hydroxylation sites is 1. The second-order valence-electron chi connectivity index (χ2n) is 6.85. The van der Waals surface area contributed by atoms with Gasteiger partial charge in [-0.2, -0.15) is 0 Å². The molecule has 0 atom stereocenters. The molecule has 1 heterocycles. The molecule has 6 nitrogen and oxygen atoms in total. The van der Waals surface area contributed by atoms with Gasteiger partial charge in [0.2, 0.25) is 0 Å². The molecule has 0 saturated carbocycles. The van der Waals surface area contributed by atoms with Crippen molar-refractivity contribution in [1.82, 2.24) is 0 Å². The fourth-order valence-electron chi connectivity index (χ4n) is 3.54. The van der Waals surface area contributed by atoms with Crippen molar-refractivity contribution >= 4 is 28.6 Å². The minimum atomic E-state index is -0.197. The molecule has 1 amide bonds. The zero-order chi connectivity index (χ0) is 21.1. The number of rotatable bonds is 6. The van der Waals surface area contributed by atoms with Gasteiger partial charge < -0.3 is 25.8 Å². The first-order chi connectivity index (χ1) is 14.6. The second-order valence-corrected chi connectivity index (χ2v) is 6.85. The van der Waals surface area contributed by atoms with E-state index in [1.165, 1.54) is 0 Å². The number of nitrogens with one attached hydrogen (secondary N) is 2. The molecule has 0 unspecified atom stereocenters. The Morgan fingerprint density at radius 2 is 1.70 bits per heavy atom. The summed E-state index contributed by atoms with van der Waals surface area (Å²) in [5.41, 5.74) is 11.2. The standard InChI is InChI=1S/C24H23N3O3/c1-29-20-12-18-19(13-21(20)30-2)27-24(28)22(18)23(26-17-9-4-3-5-10-17)16-8-6-7-15(11-16)14-25/h3-13,26H,14,25H2,1-2H3,(H,27,28). The maximum absolute atomic E-state index is 13.1. The number of ether oxygens (including phenoxy) is 2. The highest BCUT2D eigenvalue weighted by Crippen LogP contribution is 2.43. The maximum Gasteiger partial charge on any atom is 0.258 e. The van der Waals surface area contributed by atoms with Gasteiger partial charge in [-0.15, -0.1) is 0 Å². The van der Waals surface area contributed by atoms with E-state index < -0.39 is 0 Å². The highest BCUT2D eigenvalue weighted by Gasteiger charge is 2.30. The summed E-state index contributed by atoms with van der Waals surface area (Å²) in [6.07, 6.45) is 0. The number of hydrogen-bond donors (Lipinski definition) is 3. The van der Waals surface area contributed by atoms with Gasteiger partial charge in [0.15, 0.2) is 11.5 Å². The lowest BCUT2D eigenvalue weighted by Gasteiger charge is -2.16. The van der Waals surface area contributed by atoms with E-state index in [4.69, 9.17) is 15.2 Å². The van der Waals surface area contributed by atoms with Gasteiger partial charge in [-0.05, 0) is 35.4 Å². The van der Waals surface area contributed by atoms with Crippen LogP contribution in [0.1, 0.15) is 16.7 Å². The lowest BCUT2D eigenvalue weighted by atomic mass is 9.98. The highest BCUT2D eigenvalue weighted by molar-refractivity contribution is 6.37. The van der Waals surface area contributed by atoms with Crippen LogP contribution in [0, 0.1) is 0 Å². The smallest absolute Gasteiger partial charge is 0.258 e. The molecule has 1 aliphatic heterocycles. The van der Waals surface area contributed by atoms with E-state index in [9.17, 15) is 4.79 Å². The van der Waals surface area contributed by atoms with Gasteiger partial charge in [0, 0.05) is 23.9 Å². The lowest BCUT2D eigenvalue weighted by molar-refractivity contribution is -0.110. The summed E-state index contributed by atoms with van der Waals surface area (Å²) in [4.78, 5) is 13.1. The average Bonchev–Trinajstić information content (AvgIpc) is 3.11. The average molecular weight is 401 g/mol. The number of methoxy groups -OCH3 is 2. The number of carbonyl (C=O) groups is 1. The fraction of sp³-hybridized carbons (Fsp3) is 0.125. The predicted octanol–water partition coefficient (Wildman–Crippen LogP) is 4.10. The molecule has 0 radical (unpaired) electrons. The van der Waals surface area contributed by atoms with Crippen molar-refractivity contribution < 1.29 is 14.3 Å². The van der Waals surface area contributed by atoms with E-state index >= 15 is 0 Å². The summed E-state index contributed by atoms with van der Waals surface area (Å²) in [6.45, 7) is 0.412. The zero-order valence-electron chi connectivity index (χ0n) is 16.9. The van der Waals surface area contributed by atoms with Crippen LogP contribution < -0.4 is 25.8 Å². The van der Waals surface area contributed by atoms with Gasteiger partial charge in [0.05, 0.1) is 31.2 Å². The van der Waals surface area contributed by atoms with Crippen molar-refractivity contribution in [2.45, 2.75) is 6.54 Å². The Labute approximate surface area is 175 Å². The van der Waals surface area contributed by atoms with Gasteiger partial charge >= 0.3 is 0 Å². The van der Waals surface area contributed by atoms with E-state index in [-0.39, 0.29) is 5.91 Å². The molecule has 6 heteroatoms. The van der Waals surface area contributed by atoms with Gasteiger partial charge in [-0.25, -0.2) is 0 Å². The zero-order valence-corrected chi connectivity index (χ0v) is 16.9. The predicted molar refractivity (Wildman–Crippen MR) is 119 cm³/mol. The van der Waals surface area contributed by atoms with Crippen molar-refractivity contribution in [3.63, 3.8) is 0 Å². The van der Waals surface area contributed by atoms with E-state index in [1.54, 1.807) is 20.3 Å². The number of nitrogens with two attached hydrogens (primary N) is 1. The molecule has 4 rings (SSSR count). The molecule has 3 aromatic rings. The van der Waals surface area contributed by atoms with Crippen LogP contribution in [0.2, 0.25) is 0 Å². The number of carbonyl (C=O) groups excluding carboxylic acids is 1. The SMILES string of the molecule is COc1cc2c(cc1OC)C(=C(Nc1ccccc1)c1cccc(CN)c1)C(=O)N2. The van der Waals surface area contributed by atoms with Crippen LogP contribution >= 0.6 is 0 Å². The van der Waals surface area contributed by atoms with Crippen LogP contribution in [0.15, 0.2) is 66.7 Å². The first-order valence-electron chi connectivity index (χ1n) is 9.58. The van der Waals surface area contributed by atoms with Crippen LogP contribution in [0.25, 0.3) is 11.3 Å². The third-order valence-corrected chi connectivity index (χ3v) is 5.01. The summed E-state index contributed by atoms with van der Waals surface area (Å²) >= 11 is 0. The summed E-state index contributed by atoms with van der Waals surface area (Å²) < 4.78 is 10.8. The van der Waals surface area contributed by atoms with Crippen LogP contribution in [-0.4, -0.2) is 20.1 Å². The summed E-state index contributed by atoms with van der Waals surface area (Å²) in [5.74, 6) is 0.914. The van der Waals surface area contributed by atoms with Gasteiger partial charge in [0.1, 0.15) is 0 Å². The van der Waals surface area contributed by atoms with Gasteiger partial charge in [-0.1, -0.05) is 36.4 Å². The largest absolute Gasteiger partial charge is 0.493 e. The van der Waals surface area contributed by atoms with Crippen LogP contribution in [0.4, 0.5) is 11.4 Å². The monoisotopic (exact) mass is 401 g/mol. The number of anilines is 2. The molecular formula is C24H23N3O3. The third-order valence-electron chi connectivity index (χ3n) is 5.01. The molecule has 0 bridgehead atoms. The first-order valence-corrected chi connectivity index (χ1v) is 9.58. The molecule has 152 valence electrons. The molecule has 0 fully saturated rings. The van der Waals surface area contributed by atoms with E-state index in [1.807, 2.05) is 60.7 Å². The van der Waals surface area contributed by atoms with E-state index in [2.05, 4.69) is 10.6 Å². The van der Waals surface area contributed by atoms with Crippen LogP contribution in [0.3, 0.4) is 0 Å². The summed E-state index contributed by atoms with van der Waals surface area (Å²) in [7, 11) is 3.14. The normalized spacial score (nSPS) is 14.0. The molecular weight excluding hydrogens is 378 g/mol. The number of benzene rings is 3. The molecule has 4 N–H and O–H groups in total. The second kappa shape index (κ2) is 8.31. The molecule has 1 aliphatic rings. The minimum absolute atomic E-state index is 0.197. The Morgan fingerprint density at radius 3 is 2.40 bits per heavy atom. The quantitative estimate of drug-likeness (QED) is 0.542. The van der Waals surface area contributed by atoms with Gasteiger partial charge in [0.25, 0.3) is 5.91 Å².